The lowest BCUT2D eigenvalue weighted by Crippen LogP contribution is -2.44. The van der Waals surface area contributed by atoms with Gasteiger partial charge in [0.1, 0.15) is 0 Å². The second kappa shape index (κ2) is 6.37. The molecular formula is C13H18N2O2. The van der Waals surface area contributed by atoms with Gasteiger partial charge < -0.3 is 10.2 Å². The van der Waals surface area contributed by atoms with E-state index in [4.69, 9.17) is 4.84 Å². The lowest BCUT2D eigenvalue weighted by molar-refractivity contribution is -0.192. The minimum Gasteiger partial charge on any atom is -0.368 e. The average molecular weight is 234 g/mol. The molecule has 1 N–H and O–H groups in total. The number of aryl methyl sites for hydroxylation is 1. The van der Waals surface area contributed by atoms with Crippen molar-refractivity contribution in [2.24, 2.45) is 0 Å². The summed E-state index contributed by atoms with van der Waals surface area (Å²) in [4.78, 5) is 16.9. The second-order valence-electron chi connectivity index (χ2n) is 4.13. The highest BCUT2D eigenvalue weighted by Gasteiger charge is 2.14. The van der Waals surface area contributed by atoms with Gasteiger partial charge in [-0.15, -0.1) is 5.06 Å². The molecule has 1 fully saturated rings. The first-order valence-electron chi connectivity index (χ1n) is 6.05. The summed E-state index contributed by atoms with van der Waals surface area (Å²) in [6.07, 6.45) is 1.18. The Morgan fingerprint density at radius 3 is 2.65 bits per heavy atom. The minimum absolute atomic E-state index is 0.143. The lowest BCUT2D eigenvalue weighted by Gasteiger charge is -2.25. The summed E-state index contributed by atoms with van der Waals surface area (Å²) in [6, 6.07) is 9.99. The number of piperazine rings is 1. The van der Waals surface area contributed by atoms with Crippen LogP contribution in [-0.2, 0) is 16.1 Å². The van der Waals surface area contributed by atoms with Crippen LogP contribution in [0.25, 0.3) is 0 Å². The van der Waals surface area contributed by atoms with Crippen LogP contribution in [-0.4, -0.2) is 37.2 Å². The lowest BCUT2D eigenvalue weighted by atomic mass is 10.1. The molecule has 1 aromatic carbocycles. The normalized spacial score (nSPS) is 16.7. The van der Waals surface area contributed by atoms with E-state index < -0.39 is 0 Å². The summed E-state index contributed by atoms with van der Waals surface area (Å²) in [7, 11) is 0. The van der Waals surface area contributed by atoms with E-state index in [2.05, 4.69) is 5.32 Å². The van der Waals surface area contributed by atoms with Crippen LogP contribution in [0, 0.1) is 0 Å². The molecule has 0 bridgehead atoms. The first-order valence-corrected chi connectivity index (χ1v) is 6.05. The molecule has 0 aromatic heterocycles. The van der Waals surface area contributed by atoms with Crippen molar-refractivity contribution >= 4 is 5.97 Å². The number of nitrogens with zero attached hydrogens (tertiary/aromatic N) is 1. The van der Waals surface area contributed by atoms with E-state index in [1.165, 1.54) is 5.56 Å². The molecule has 2 rings (SSSR count). The van der Waals surface area contributed by atoms with Gasteiger partial charge in [0.25, 0.3) is 0 Å². The van der Waals surface area contributed by atoms with Gasteiger partial charge in [-0.1, -0.05) is 30.3 Å². The van der Waals surface area contributed by atoms with Gasteiger partial charge in [0.2, 0.25) is 0 Å². The highest BCUT2D eigenvalue weighted by atomic mass is 16.7. The molecule has 4 nitrogen and oxygen atoms in total. The Hall–Kier alpha value is -1.39. The van der Waals surface area contributed by atoms with Crippen LogP contribution >= 0.6 is 0 Å². The van der Waals surface area contributed by atoms with E-state index in [1.807, 2.05) is 30.3 Å². The van der Waals surface area contributed by atoms with Gasteiger partial charge in [-0.05, 0) is 12.0 Å². The molecule has 0 atom stereocenters. The van der Waals surface area contributed by atoms with Crippen molar-refractivity contribution in [1.82, 2.24) is 10.4 Å². The van der Waals surface area contributed by atoms with Crippen LogP contribution in [0.4, 0.5) is 0 Å². The maximum Gasteiger partial charge on any atom is 0.325 e. The van der Waals surface area contributed by atoms with Crippen molar-refractivity contribution < 1.29 is 9.63 Å². The molecule has 1 aromatic rings. The van der Waals surface area contributed by atoms with Crippen molar-refractivity contribution in [3.63, 3.8) is 0 Å². The summed E-state index contributed by atoms with van der Waals surface area (Å²) in [5.41, 5.74) is 1.17. The van der Waals surface area contributed by atoms with Gasteiger partial charge in [0.15, 0.2) is 0 Å². The highest BCUT2D eigenvalue weighted by molar-refractivity contribution is 5.69. The van der Waals surface area contributed by atoms with E-state index in [0.29, 0.717) is 6.42 Å². The number of rotatable bonds is 4. The highest BCUT2D eigenvalue weighted by Crippen LogP contribution is 2.04. The van der Waals surface area contributed by atoms with E-state index in [0.717, 1.165) is 32.6 Å². The summed E-state index contributed by atoms with van der Waals surface area (Å²) >= 11 is 0. The average Bonchev–Trinajstić information content (AvgIpc) is 2.39. The van der Waals surface area contributed by atoms with Crippen molar-refractivity contribution in [2.45, 2.75) is 12.8 Å². The molecule has 0 unspecified atom stereocenters. The zero-order valence-electron chi connectivity index (χ0n) is 9.89. The zero-order chi connectivity index (χ0) is 11.9. The third-order valence-electron chi connectivity index (χ3n) is 2.77. The van der Waals surface area contributed by atoms with Gasteiger partial charge >= 0.3 is 5.97 Å². The molecule has 0 spiro atoms. The second-order valence-corrected chi connectivity index (χ2v) is 4.13. The maximum absolute atomic E-state index is 11.6. The topological polar surface area (TPSA) is 41.6 Å². The molecular weight excluding hydrogens is 216 g/mol. The van der Waals surface area contributed by atoms with Crippen LogP contribution in [0.15, 0.2) is 30.3 Å². The monoisotopic (exact) mass is 234 g/mol. The molecule has 4 heteroatoms. The van der Waals surface area contributed by atoms with Gasteiger partial charge in [0, 0.05) is 26.2 Å². The number of carbonyl (C=O) groups is 1. The fourth-order valence-corrected chi connectivity index (χ4v) is 1.82. The first-order chi connectivity index (χ1) is 8.34. The summed E-state index contributed by atoms with van der Waals surface area (Å²) in [5.74, 6) is -0.143. The van der Waals surface area contributed by atoms with Crippen molar-refractivity contribution in [1.29, 1.82) is 0 Å². The number of hydroxylamine groups is 2. The van der Waals surface area contributed by atoms with Gasteiger partial charge in [-0.25, -0.2) is 0 Å². The van der Waals surface area contributed by atoms with E-state index in [-0.39, 0.29) is 5.97 Å². The number of nitrogens with one attached hydrogen (secondary N) is 1. The number of hydrogen-bond acceptors (Lipinski definition) is 4. The Bertz CT molecular complexity index is 348. The van der Waals surface area contributed by atoms with E-state index in [9.17, 15) is 4.79 Å². The fraction of sp³-hybridized carbons (Fsp3) is 0.462. The molecule has 1 heterocycles. The predicted molar refractivity (Wildman–Crippen MR) is 65.3 cm³/mol. The molecule has 1 aliphatic heterocycles. The van der Waals surface area contributed by atoms with Gasteiger partial charge in [0.05, 0.1) is 6.42 Å². The standard InChI is InChI=1S/C13H18N2O2/c16-13(17-15-10-8-14-9-11-15)7-6-12-4-2-1-3-5-12/h1-5,14H,6-11H2. The smallest absolute Gasteiger partial charge is 0.325 e. The maximum atomic E-state index is 11.6. The molecule has 17 heavy (non-hydrogen) atoms. The van der Waals surface area contributed by atoms with Crippen LogP contribution in [0.5, 0.6) is 0 Å². The van der Waals surface area contributed by atoms with Gasteiger partial charge in [-0.2, -0.15) is 0 Å². The zero-order valence-corrected chi connectivity index (χ0v) is 9.89. The minimum atomic E-state index is -0.143. The molecule has 0 amide bonds. The number of benzene rings is 1. The van der Waals surface area contributed by atoms with Gasteiger partial charge in [-0.3, -0.25) is 4.79 Å². The predicted octanol–water partition coefficient (Wildman–Crippen LogP) is 0.983. The van der Waals surface area contributed by atoms with Crippen molar-refractivity contribution in [3.05, 3.63) is 35.9 Å². The first kappa shape index (κ1) is 12.1. The SMILES string of the molecule is O=C(CCc1ccccc1)ON1CCNCC1. The Balaban J connectivity index is 1.70. The molecule has 1 saturated heterocycles. The number of hydrogen-bond donors (Lipinski definition) is 1. The third-order valence-corrected chi connectivity index (χ3v) is 2.77. The molecule has 0 saturated carbocycles. The van der Waals surface area contributed by atoms with Crippen LogP contribution in [0.2, 0.25) is 0 Å². The quantitative estimate of drug-likeness (QED) is 0.843. The summed E-state index contributed by atoms with van der Waals surface area (Å²) in [6.45, 7) is 3.31. The largest absolute Gasteiger partial charge is 0.368 e. The Morgan fingerprint density at radius 2 is 1.94 bits per heavy atom. The molecule has 1 aliphatic rings. The van der Waals surface area contributed by atoms with Crippen molar-refractivity contribution in [3.8, 4) is 0 Å². The van der Waals surface area contributed by atoms with Crippen LogP contribution < -0.4 is 5.32 Å². The van der Waals surface area contributed by atoms with Crippen LogP contribution in [0.1, 0.15) is 12.0 Å². The summed E-state index contributed by atoms with van der Waals surface area (Å²) < 4.78 is 0. The molecule has 0 aliphatic carbocycles. The fourth-order valence-electron chi connectivity index (χ4n) is 1.82. The Morgan fingerprint density at radius 1 is 1.24 bits per heavy atom. The molecule has 0 radical (unpaired) electrons. The Labute approximate surface area is 102 Å². The van der Waals surface area contributed by atoms with Crippen LogP contribution in [0.3, 0.4) is 0 Å². The number of carbonyl (C=O) groups excluding carboxylic acids is 1. The van der Waals surface area contributed by atoms with E-state index in [1.54, 1.807) is 5.06 Å². The van der Waals surface area contributed by atoms with Crippen molar-refractivity contribution in [2.75, 3.05) is 26.2 Å². The summed E-state index contributed by atoms with van der Waals surface area (Å²) in [5, 5.41) is 4.95. The van der Waals surface area contributed by atoms with E-state index >= 15 is 0 Å². The Kier molecular flexibility index (Phi) is 4.53. The third kappa shape index (κ3) is 4.17. The molecule has 92 valence electrons.